The monoisotopic (exact) mass is 400 g/mol. The molecule has 0 saturated carbocycles. The van der Waals surface area contributed by atoms with E-state index in [1.807, 2.05) is 18.2 Å². The van der Waals surface area contributed by atoms with Crippen molar-refractivity contribution in [2.45, 2.75) is 44.2 Å². The number of nitrogens with one attached hydrogen (secondary N) is 2. The molecule has 2 bridgehead atoms. The molecule has 2 aliphatic heterocycles. The van der Waals surface area contributed by atoms with Crippen molar-refractivity contribution >= 4 is 43.5 Å². The molecule has 5 heteroatoms. The summed E-state index contributed by atoms with van der Waals surface area (Å²) in [6.07, 6.45) is 5.48. The molecule has 2 saturated heterocycles. The summed E-state index contributed by atoms with van der Waals surface area (Å²) in [5, 5.41) is 6.62. The van der Waals surface area contributed by atoms with Crippen LogP contribution in [-0.2, 0) is 4.79 Å². The van der Waals surface area contributed by atoms with E-state index in [9.17, 15) is 4.79 Å². The Morgan fingerprint density at radius 3 is 2.60 bits per heavy atom. The number of amides is 1. The second kappa shape index (κ2) is 6.16. The molecule has 2 N–H and O–H groups in total. The maximum Gasteiger partial charge on any atom is 0.224 e. The van der Waals surface area contributed by atoms with Gasteiger partial charge in [-0.25, -0.2) is 0 Å². The topological polar surface area (TPSA) is 41.1 Å². The Morgan fingerprint density at radius 2 is 1.95 bits per heavy atom. The molecule has 0 radical (unpaired) electrons. The van der Waals surface area contributed by atoms with Crippen molar-refractivity contribution in [2.75, 3.05) is 5.32 Å². The van der Waals surface area contributed by atoms with Gasteiger partial charge in [0.1, 0.15) is 0 Å². The molecule has 2 heterocycles. The number of carbonyl (C=O) groups is 1. The molecule has 3 rings (SSSR count). The van der Waals surface area contributed by atoms with Crippen molar-refractivity contribution in [1.29, 1.82) is 0 Å². The molecular formula is C15H18Br2N2O. The quantitative estimate of drug-likeness (QED) is 0.801. The summed E-state index contributed by atoms with van der Waals surface area (Å²) in [6.45, 7) is 0. The number of rotatable bonds is 3. The van der Waals surface area contributed by atoms with Crippen LogP contribution in [0.25, 0.3) is 0 Å². The smallest absolute Gasteiger partial charge is 0.224 e. The van der Waals surface area contributed by atoms with Crippen LogP contribution < -0.4 is 10.6 Å². The van der Waals surface area contributed by atoms with Gasteiger partial charge in [0.05, 0.1) is 5.69 Å². The fourth-order valence-corrected chi connectivity index (χ4v) is 4.54. The normalized spacial score (nSPS) is 28.4. The lowest BCUT2D eigenvalue weighted by Crippen LogP contribution is -2.39. The van der Waals surface area contributed by atoms with Gasteiger partial charge in [-0.15, -0.1) is 0 Å². The minimum absolute atomic E-state index is 0.124. The van der Waals surface area contributed by atoms with Gasteiger partial charge in [-0.1, -0.05) is 15.9 Å². The molecule has 2 atom stereocenters. The van der Waals surface area contributed by atoms with Crippen LogP contribution in [0.1, 0.15) is 32.1 Å². The zero-order chi connectivity index (χ0) is 14.1. The maximum atomic E-state index is 12.2. The van der Waals surface area contributed by atoms with Gasteiger partial charge in [-0.2, -0.15) is 0 Å². The lowest BCUT2D eigenvalue weighted by atomic mass is 9.89. The first-order chi connectivity index (χ1) is 9.60. The Bertz CT molecular complexity index is 509. The third-order valence-corrected chi connectivity index (χ3v) is 5.40. The zero-order valence-corrected chi connectivity index (χ0v) is 14.3. The van der Waals surface area contributed by atoms with E-state index in [1.165, 1.54) is 12.8 Å². The third kappa shape index (κ3) is 3.43. The lowest BCUT2D eigenvalue weighted by Gasteiger charge is -2.28. The standard InChI is InChI=1S/C15H18Br2N2O/c16-10-1-4-14(13(17)8-10)19-15(20)7-9-5-11-2-3-12(6-9)18-11/h1,4,8-9,11-12,18H,2-3,5-7H2,(H,19,20). The minimum Gasteiger partial charge on any atom is -0.325 e. The molecule has 108 valence electrons. The third-order valence-electron chi connectivity index (χ3n) is 4.25. The van der Waals surface area contributed by atoms with E-state index < -0.39 is 0 Å². The summed E-state index contributed by atoms with van der Waals surface area (Å²) in [5.74, 6) is 0.655. The summed E-state index contributed by atoms with van der Waals surface area (Å²) >= 11 is 6.89. The summed E-state index contributed by atoms with van der Waals surface area (Å²) in [6, 6.07) is 7.08. The number of carbonyl (C=O) groups excluding carboxylic acids is 1. The van der Waals surface area contributed by atoms with Crippen LogP contribution in [0, 0.1) is 5.92 Å². The number of benzene rings is 1. The summed E-state index contributed by atoms with van der Waals surface area (Å²) in [4.78, 5) is 12.2. The molecular weight excluding hydrogens is 384 g/mol. The highest BCUT2D eigenvalue weighted by molar-refractivity contribution is 9.11. The van der Waals surface area contributed by atoms with Gasteiger partial charge >= 0.3 is 0 Å². The summed E-state index contributed by atoms with van der Waals surface area (Å²) < 4.78 is 1.91. The number of fused-ring (bicyclic) bond motifs is 2. The van der Waals surface area contributed by atoms with Crippen LogP contribution in [0.4, 0.5) is 5.69 Å². The van der Waals surface area contributed by atoms with Crippen LogP contribution in [0.3, 0.4) is 0 Å². The van der Waals surface area contributed by atoms with Gasteiger partial charge in [-0.05, 0) is 65.7 Å². The number of piperidine rings is 1. The first-order valence-corrected chi connectivity index (χ1v) is 8.69. The van der Waals surface area contributed by atoms with Crippen LogP contribution >= 0.6 is 31.9 Å². The molecule has 1 amide bonds. The van der Waals surface area contributed by atoms with Gasteiger partial charge in [0.25, 0.3) is 0 Å². The van der Waals surface area contributed by atoms with Gasteiger partial charge < -0.3 is 10.6 Å². The van der Waals surface area contributed by atoms with E-state index in [-0.39, 0.29) is 5.91 Å². The SMILES string of the molecule is O=C(CC1CC2CCC(C1)N2)Nc1ccc(Br)cc1Br. The molecule has 3 nitrogen and oxygen atoms in total. The predicted molar refractivity (Wildman–Crippen MR) is 87.8 cm³/mol. The predicted octanol–water partition coefficient (Wildman–Crippen LogP) is 4.07. The number of anilines is 1. The van der Waals surface area contributed by atoms with Crippen molar-refractivity contribution in [3.63, 3.8) is 0 Å². The molecule has 1 aromatic carbocycles. The Labute approximate surface area is 136 Å². The molecule has 0 aromatic heterocycles. The Balaban J connectivity index is 1.57. The highest BCUT2D eigenvalue weighted by Gasteiger charge is 2.34. The molecule has 2 aliphatic rings. The summed E-state index contributed by atoms with van der Waals surface area (Å²) in [7, 11) is 0. The van der Waals surface area contributed by atoms with E-state index in [2.05, 4.69) is 42.5 Å². The molecule has 0 aliphatic carbocycles. The van der Waals surface area contributed by atoms with Crippen LogP contribution in [0.5, 0.6) is 0 Å². The first-order valence-electron chi connectivity index (χ1n) is 7.11. The Hall–Kier alpha value is -0.390. The Kier molecular flexibility index (Phi) is 4.48. The lowest BCUT2D eigenvalue weighted by molar-refractivity contribution is -0.117. The van der Waals surface area contributed by atoms with E-state index in [0.29, 0.717) is 24.4 Å². The van der Waals surface area contributed by atoms with E-state index in [4.69, 9.17) is 0 Å². The fraction of sp³-hybridized carbons (Fsp3) is 0.533. The average molecular weight is 402 g/mol. The van der Waals surface area contributed by atoms with Gasteiger partial charge in [0, 0.05) is 27.4 Å². The largest absolute Gasteiger partial charge is 0.325 e. The molecule has 0 spiro atoms. The van der Waals surface area contributed by atoms with E-state index in [1.54, 1.807) is 0 Å². The molecule has 1 aromatic rings. The zero-order valence-electron chi connectivity index (χ0n) is 11.2. The van der Waals surface area contributed by atoms with Crippen molar-refractivity contribution in [3.8, 4) is 0 Å². The second-order valence-corrected chi connectivity index (χ2v) is 7.62. The van der Waals surface area contributed by atoms with Gasteiger partial charge in [0.15, 0.2) is 0 Å². The highest BCUT2D eigenvalue weighted by Crippen LogP contribution is 2.33. The summed E-state index contributed by atoms with van der Waals surface area (Å²) in [5.41, 5.74) is 0.843. The van der Waals surface area contributed by atoms with Gasteiger partial charge in [0.2, 0.25) is 5.91 Å². The molecule has 2 fully saturated rings. The van der Waals surface area contributed by atoms with E-state index >= 15 is 0 Å². The minimum atomic E-state index is 0.124. The van der Waals surface area contributed by atoms with E-state index in [0.717, 1.165) is 27.5 Å². The van der Waals surface area contributed by atoms with Crippen molar-refractivity contribution < 1.29 is 4.79 Å². The molecule has 2 unspecified atom stereocenters. The second-order valence-electron chi connectivity index (χ2n) is 5.85. The van der Waals surface area contributed by atoms with Crippen molar-refractivity contribution in [3.05, 3.63) is 27.1 Å². The highest BCUT2D eigenvalue weighted by atomic mass is 79.9. The number of hydrogen-bond acceptors (Lipinski definition) is 2. The first kappa shape index (κ1) is 14.5. The van der Waals surface area contributed by atoms with Crippen LogP contribution in [-0.4, -0.2) is 18.0 Å². The Morgan fingerprint density at radius 1 is 1.25 bits per heavy atom. The maximum absolute atomic E-state index is 12.2. The van der Waals surface area contributed by atoms with Gasteiger partial charge in [-0.3, -0.25) is 4.79 Å². The number of halogens is 2. The fourth-order valence-electron chi connectivity index (χ4n) is 3.40. The van der Waals surface area contributed by atoms with Crippen molar-refractivity contribution in [1.82, 2.24) is 5.32 Å². The number of hydrogen-bond donors (Lipinski definition) is 2. The van der Waals surface area contributed by atoms with Crippen LogP contribution in [0.2, 0.25) is 0 Å². The average Bonchev–Trinajstić information content (AvgIpc) is 2.72. The molecule has 20 heavy (non-hydrogen) atoms. The van der Waals surface area contributed by atoms with Crippen LogP contribution in [0.15, 0.2) is 27.1 Å². The van der Waals surface area contributed by atoms with Crippen molar-refractivity contribution in [2.24, 2.45) is 5.92 Å².